The first kappa shape index (κ1) is 13.3. The number of nitrogens with one attached hydrogen (secondary N) is 1. The summed E-state index contributed by atoms with van der Waals surface area (Å²) in [6, 6.07) is 16.0. The lowest BCUT2D eigenvalue weighted by molar-refractivity contribution is 0.460. The third-order valence-electron chi connectivity index (χ3n) is 3.21. The molecule has 0 saturated heterocycles. The Balaban J connectivity index is 1.77. The molecule has 1 nitrogen and oxygen atoms in total. The standard InChI is InChI=1S/C16H21NS/c1-13(10-11-15-7-4-3-5-8-15)17-14(2)16-9-6-12-18-16/h3-9,12-14,17H,10-11H2,1-2H3. The molecular weight excluding hydrogens is 238 g/mol. The minimum absolute atomic E-state index is 0.454. The number of rotatable bonds is 6. The molecule has 96 valence electrons. The van der Waals surface area contributed by atoms with E-state index in [1.165, 1.54) is 16.9 Å². The van der Waals surface area contributed by atoms with Gasteiger partial charge < -0.3 is 5.32 Å². The lowest BCUT2D eigenvalue weighted by Crippen LogP contribution is -2.28. The van der Waals surface area contributed by atoms with Gasteiger partial charge in [-0.3, -0.25) is 0 Å². The zero-order chi connectivity index (χ0) is 12.8. The molecule has 2 unspecified atom stereocenters. The maximum atomic E-state index is 3.66. The van der Waals surface area contributed by atoms with E-state index in [0.717, 1.165) is 6.42 Å². The predicted octanol–water partition coefficient (Wildman–Crippen LogP) is 4.42. The molecule has 2 aromatic rings. The number of thiophene rings is 1. The zero-order valence-corrected chi connectivity index (χ0v) is 11.9. The molecule has 1 aromatic carbocycles. The van der Waals surface area contributed by atoms with Gasteiger partial charge >= 0.3 is 0 Å². The summed E-state index contributed by atoms with van der Waals surface area (Å²) < 4.78 is 0. The lowest BCUT2D eigenvalue weighted by Gasteiger charge is -2.19. The Labute approximate surface area is 114 Å². The highest BCUT2D eigenvalue weighted by atomic mass is 32.1. The van der Waals surface area contributed by atoms with E-state index in [9.17, 15) is 0 Å². The second kappa shape index (κ2) is 6.72. The first-order valence-corrected chi connectivity index (χ1v) is 7.47. The molecule has 0 saturated carbocycles. The van der Waals surface area contributed by atoms with E-state index in [4.69, 9.17) is 0 Å². The highest BCUT2D eigenvalue weighted by Crippen LogP contribution is 2.19. The summed E-state index contributed by atoms with van der Waals surface area (Å²) in [6.45, 7) is 4.51. The Hall–Kier alpha value is -1.12. The fourth-order valence-corrected chi connectivity index (χ4v) is 2.90. The van der Waals surface area contributed by atoms with Gasteiger partial charge in [0.05, 0.1) is 0 Å². The topological polar surface area (TPSA) is 12.0 Å². The largest absolute Gasteiger partial charge is 0.307 e. The molecule has 0 spiro atoms. The summed E-state index contributed by atoms with van der Waals surface area (Å²) in [4.78, 5) is 1.42. The van der Waals surface area contributed by atoms with Crippen molar-refractivity contribution in [2.75, 3.05) is 0 Å². The Kier molecular flexibility index (Phi) is 4.97. The molecular formula is C16H21NS. The zero-order valence-electron chi connectivity index (χ0n) is 11.1. The predicted molar refractivity (Wildman–Crippen MR) is 80.1 cm³/mol. The van der Waals surface area contributed by atoms with E-state index in [-0.39, 0.29) is 0 Å². The monoisotopic (exact) mass is 259 g/mol. The SMILES string of the molecule is CC(CCc1ccccc1)NC(C)c1cccs1. The van der Waals surface area contributed by atoms with E-state index in [2.05, 4.69) is 67.0 Å². The summed E-state index contributed by atoms with van der Waals surface area (Å²) in [7, 11) is 0. The Morgan fingerprint density at radius 1 is 1.06 bits per heavy atom. The van der Waals surface area contributed by atoms with Crippen LogP contribution in [0.25, 0.3) is 0 Å². The van der Waals surface area contributed by atoms with Crippen molar-refractivity contribution in [3.05, 3.63) is 58.3 Å². The van der Waals surface area contributed by atoms with Gasteiger partial charge in [-0.25, -0.2) is 0 Å². The molecule has 2 heteroatoms. The molecule has 0 aliphatic heterocycles. The summed E-state index contributed by atoms with van der Waals surface area (Å²) in [5.41, 5.74) is 1.43. The van der Waals surface area contributed by atoms with Crippen molar-refractivity contribution in [2.45, 2.75) is 38.8 Å². The van der Waals surface area contributed by atoms with Crippen LogP contribution in [-0.4, -0.2) is 6.04 Å². The van der Waals surface area contributed by atoms with Crippen molar-refractivity contribution >= 4 is 11.3 Å². The van der Waals surface area contributed by atoms with Crippen molar-refractivity contribution in [2.24, 2.45) is 0 Å². The normalized spacial score (nSPS) is 14.3. The highest BCUT2D eigenvalue weighted by Gasteiger charge is 2.09. The van der Waals surface area contributed by atoms with Crippen molar-refractivity contribution in [1.82, 2.24) is 5.32 Å². The third-order valence-corrected chi connectivity index (χ3v) is 4.27. The molecule has 18 heavy (non-hydrogen) atoms. The van der Waals surface area contributed by atoms with E-state index >= 15 is 0 Å². The quantitative estimate of drug-likeness (QED) is 0.809. The number of hydrogen-bond acceptors (Lipinski definition) is 2. The maximum Gasteiger partial charge on any atom is 0.0388 e. The molecule has 1 heterocycles. The van der Waals surface area contributed by atoms with Gasteiger partial charge in [0.1, 0.15) is 0 Å². The van der Waals surface area contributed by atoms with Crippen molar-refractivity contribution in [3.8, 4) is 0 Å². The third kappa shape index (κ3) is 3.97. The van der Waals surface area contributed by atoms with Gasteiger partial charge in [0.2, 0.25) is 0 Å². The molecule has 0 radical (unpaired) electrons. The number of aryl methyl sites for hydroxylation is 1. The van der Waals surface area contributed by atoms with Crippen LogP contribution in [0.15, 0.2) is 47.8 Å². The average Bonchev–Trinajstić information content (AvgIpc) is 2.91. The van der Waals surface area contributed by atoms with Gasteiger partial charge in [-0.2, -0.15) is 0 Å². The maximum absolute atomic E-state index is 3.66. The van der Waals surface area contributed by atoms with Crippen LogP contribution < -0.4 is 5.32 Å². The van der Waals surface area contributed by atoms with Crippen LogP contribution in [0.5, 0.6) is 0 Å². The minimum atomic E-state index is 0.454. The van der Waals surface area contributed by atoms with Crippen molar-refractivity contribution < 1.29 is 0 Å². The fourth-order valence-electron chi connectivity index (χ4n) is 2.16. The van der Waals surface area contributed by atoms with Crippen LogP contribution in [0.2, 0.25) is 0 Å². The molecule has 0 bridgehead atoms. The summed E-state index contributed by atoms with van der Waals surface area (Å²) in [5, 5.41) is 5.80. The molecule has 0 amide bonds. The van der Waals surface area contributed by atoms with Crippen molar-refractivity contribution in [1.29, 1.82) is 0 Å². The number of hydrogen-bond donors (Lipinski definition) is 1. The Morgan fingerprint density at radius 2 is 1.83 bits per heavy atom. The van der Waals surface area contributed by atoms with Crippen LogP contribution in [0.3, 0.4) is 0 Å². The van der Waals surface area contributed by atoms with Crippen LogP contribution in [-0.2, 0) is 6.42 Å². The molecule has 1 aromatic heterocycles. The van der Waals surface area contributed by atoms with Gasteiger partial charge in [-0.1, -0.05) is 36.4 Å². The van der Waals surface area contributed by atoms with Gasteiger partial charge in [-0.15, -0.1) is 11.3 Å². The fraction of sp³-hybridized carbons (Fsp3) is 0.375. The lowest BCUT2D eigenvalue weighted by atomic mass is 10.1. The van der Waals surface area contributed by atoms with Crippen LogP contribution in [0.4, 0.5) is 0 Å². The smallest absolute Gasteiger partial charge is 0.0388 e. The molecule has 0 aliphatic rings. The van der Waals surface area contributed by atoms with Crippen LogP contribution in [0.1, 0.15) is 36.8 Å². The summed E-state index contributed by atoms with van der Waals surface area (Å²) >= 11 is 1.82. The van der Waals surface area contributed by atoms with Crippen molar-refractivity contribution in [3.63, 3.8) is 0 Å². The molecule has 1 N–H and O–H groups in total. The first-order valence-electron chi connectivity index (χ1n) is 6.59. The molecule has 2 rings (SSSR count). The van der Waals surface area contributed by atoms with E-state index < -0.39 is 0 Å². The highest BCUT2D eigenvalue weighted by molar-refractivity contribution is 7.10. The van der Waals surface area contributed by atoms with Gasteiger partial charge in [-0.05, 0) is 43.7 Å². The van der Waals surface area contributed by atoms with Gasteiger partial charge in [0.25, 0.3) is 0 Å². The summed E-state index contributed by atoms with van der Waals surface area (Å²) in [6.07, 6.45) is 2.33. The summed E-state index contributed by atoms with van der Waals surface area (Å²) in [5.74, 6) is 0. The minimum Gasteiger partial charge on any atom is -0.307 e. The van der Waals surface area contributed by atoms with Gasteiger partial charge in [0, 0.05) is 17.0 Å². The van der Waals surface area contributed by atoms with E-state index in [0.29, 0.717) is 12.1 Å². The first-order chi connectivity index (χ1) is 8.75. The average molecular weight is 259 g/mol. The molecule has 2 atom stereocenters. The van der Waals surface area contributed by atoms with E-state index in [1.807, 2.05) is 11.3 Å². The molecule has 0 aliphatic carbocycles. The second-order valence-electron chi connectivity index (χ2n) is 4.83. The van der Waals surface area contributed by atoms with Crippen LogP contribution in [0, 0.1) is 0 Å². The van der Waals surface area contributed by atoms with E-state index in [1.54, 1.807) is 0 Å². The number of benzene rings is 1. The molecule has 0 fully saturated rings. The van der Waals surface area contributed by atoms with Crippen LogP contribution >= 0.6 is 11.3 Å². The van der Waals surface area contributed by atoms with Gasteiger partial charge in [0.15, 0.2) is 0 Å². The second-order valence-corrected chi connectivity index (χ2v) is 5.81. The Morgan fingerprint density at radius 3 is 2.50 bits per heavy atom. The Bertz CT molecular complexity index is 435.